The summed E-state index contributed by atoms with van der Waals surface area (Å²) in [4.78, 5) is 27.0. The Morgan fingerprint density at radius 1 is 1.22 bits per heavy atom. The Morgan fingerprint density at radius 2 is 1.85 bits per heavy atom. The molecule has 0 spiro atoms. The smallest absolute Gasteiger partial charge is 0.411 e. The fraction of sp³-hybridized carbons (Fsp3) is 0.619. The number of fused-ring (bicyclic) bond motifs is 2. The van der Waals surface area contributed by atoms with Crippen molar-refractivity contribution in [3.05, 3.63) is 35.9 Å². The molecule has 27 heavy (non-hydrogen) atoms. The number of ether oxygens (including phenoxy) is 2. The van der Waals surface area contributed by atoms with Gasteiger partial charge in [-0.05, 0) is 58.9 Å². The quantitative estimate of drug-likeness (QED) is 0.856. The Balaban J connectivity index is 1.62. The van der Waals surface area contributed by atoms with Crippen LogP contribution >= 0.6 is 0 Å². The number of benzene rings is 1. The van der Waals surface area contributed by atoms with Gasteiger partial charge in [0, 0.05) is 6.04 Å². The van der Waals surface area contributed by atoms with Crippen LogP contribution in [-0.4, -0.2) is 40.3 Å². The number of carbonyl (C=O) groups is 2. The largest absolute Gasteiger partial charge is 0.445 e. The third-order valence-corrected chi connectivity index (χ3v) is 5.61. The molecule has 2 heterocycles. The normalized spacial score (nSPS) is 25.2. The van der Waals surface area contributed by atoms with Crippen molar-refractivity contribution in [2.24, 2.45) is 0 Å². The highest BCUT2D eigenvalue weighted by Crippen LogP contribution is 2.49. The van der Waals surface area contributed by atoms with E-state index in [1.807, 2.05) is 62.9 Å². The summed E-state index contributed by atoms with van der Waals surface area (Å²) in [5, 5.41) is 2.95. The number of carbonyl (C=O) groups excluding carboxylic acids is 2. The first-order chi connectivity index (χ1) is 12.7. The molecule has 148 valence electrons. The zero-order valence-corrected chi connectivity index (χ0v) is 16.7. The van der Waals surface area contributed by atoms with Gasteiger partial charge >= 0.3 is 12.2 Å². The van der Waals surface area contributed by atoms with Gasteiger partial charge in [0.25, 0.3) is 0 Å². The molecule has 0 saturated carbocycles. The molecule has 3 rings (SSSR count). The molecule has 0 aromatic heterocycles. The Hall–Kier alpha value is -2.24. The topological polar surface area (TPSA) is 67.9 Å². The summed E-state index contributed by atoms with van der Waals surface area (Å²) < 4.78 is 11.0. The van der Waals surface area contributed by atoms with Crippen LogP contribution < -0.4 is 5.32 Å². The van der Waals surface area contributed by atoms with Crippen molar-refractivity contribution in [3.8, 4) is 0 Å². The molecule has 2 aliphatic heterocycles. The van der Waals surface area contributed by atoms with Crippen LogP contribution in [0.1, 0.15) is 58.9 Å². The van der Waals surface area contributed by atoms with E-state index in [4.69, 9.17) is 9.47 Å². The molecule has 1 aromatic carbocycles. The number of rotatable bonds is 4. The van der Waals surface area contributed by atoms with Crippen molar-refractivity contribution in [2.75, 3.05) is 0 Å². The number of hydrogen-bond donors (Lipinski definition) is 1. The van der Waals surface area contributed by atoms with Gasteiger partial charge < -0.3 is 14.8 Å². The van der Waals surface area contributed by atoms with Crippen LogP contribution in [0.15, 0.2) is 30.3 Å². The van der Waals surface area contributed by atoms with Crippen LogP contribution in [0, 0.1) is 0 Å². The molecule has 1 unspecified atom stereocenters. The Bertz CT molecular complexity index is 675. The number of amides is 2. The predicted molar refractivity (Wildman–Crippen MR) is 102 cm³/mol. The molecule has 1 atom stereocenters. The first kappa shape index (κ1) is 19.5. The third kappa shape index (κ3) is 4.20. The lowest BCUT2D eigenvalue weighted by Crippen LogP contribution is -2.58. The second-order valence-electron chi connectivity index (χ2n) is 8.61. The second kappa shape index (κ2) is 7.41. The molecule has 6 heteroatoms. The fourth-order valence-electron chi connectivity index (χ4n) is 4.32. The minimum Gasteiger partial charge on any atom is -0.445 e. The van der Waals surface area contributed by atoms with E-state index in [2.05, 4.69) is 5.32 Å². The molecule has 0 aliphatic carbocycles. The van der Waals surface area contributed by atoms with E-state index in [1.54, 1.807) is 0 Å². The maximum Gasteiger partial charge on any atom is 0.411 e. The minimum atomic E-state index is -0.536. The highest BCUT2D eigenvalue weighted by atomic mass is 16.6. The molecule has 0 radical (unpaired) electrons. The molecule has 6 nitrogen and oxygen atoms in total. The highest BCUT2D eigenvalue weighted by Gasteiger charge is 2.58. The van der Waals surface area contributed by atoms with Crippen molar-refractivity contribution in [1.29, 1.82) is 0 Å². The van der Waals surface area contributed by atoms with Gasteiger partial charge in [0.1, 0.15) is 12.2 Å². The van der Waals surface area contributed by atoms with Crippen molar-refractivity contribution < 1.29 is 19.1 Å². The lowest BCUT2D eigenvalue weighted by Gasteiger charge is -2.40. The Morgan fingerprint density at radius 3 is 2.44 bits per heavy atom. The van der Waals surface area contributed by atoms with Crippen molar-refractivity contribution in [3.63, 3.8) is 0 Å². The van der Waals surface area contributed by atoms with Crippen molar-refractivity contribution in [1.82, 2.24) is 10.2 Å². The van der Waals surface area contributed by atoms with Crippen LogP contribution in [-0.2, 0) is 16.1 Å². The average molecular weight is 374 g/mol. The Labute approximate surface area is 161 Å². The molecule has 2 fully saturated rings. The van der Waals surface area contributed by atoms with Crippen molar-refractivity contribution >= 4 is 12.2 Å². The minimum absolute atomic E-state index is 0.199. The van der Waals surface area contributed by atoms with Gasteiger partial charge in [-0.15, -0.1) is 0 Å². The summed E-state index contributed by atoms with van der Waals surface area (Å²) in [5.41, 5.74) is 0.0142. The van der Waals surface area contributed by atoms with E-state index in [9.17, 15) is 9.59 Å². The SMILES string of the molecule is CC(NC(=O)OCc1ccccc1)C12CCC(CC1)N2C(=O)OC(C)(C)C. The summed E-state index contributed by atoms with van der Waals surface area (Å²) in [6, 6.07) is 9.57. The summed E-state index contributed by atoms with van der Waals surface area (Å²) in [5.74, 6) is 0. The van der Waals surface area contributed by atoms with E-state index in [0.29, 0.717) is 0 Å². The van der Waals surface area contributed by atoms with Crippen molar-refractivity contribution in [2.45, 2.75) is 83.2 Å². The number of nitrogens with zero attached hydrogens (tertiary/aromatic N) is 1. The predicted octanol–water partition coefficient (Wildman–Crippen LogP) is 4.23. The van der Waals surface area contributed by atoms with E-state index in [0.717, 1.165) is 31.2 Å². The first-order valence-electron chi connectivity index (χ1n) is 9.71. The highest BCUT2D eigenvalue weighted by molar-refractivity contribution is 5.72. The van der Waals surface area contributed by atoms with Gasteiger partial charge in [-0.3, -0.25) is 4.90 Å². The summed E-state index contributed by atoms with van der Waals surface area (Å²) in [6.07, 6.45) is 2.90. The number of nitrogens with one attached hydrogen (secondary N) is 1. The molecular weight excluding hydrogens is 344 g/mol. The van der Waals surface area contributed by atoms with Crippen LogP contribution in [0.4, 0.5) is 9.59 Å². The summed E-state index contributed by atoms with van der Waals surface area (Å²) in [7, 11) is 0. The van der Waals surface area contributed by atoms with Crippen LogP contribution in [0.25, 0.3) is 0 Å². The lowest BCUT2D eigenvalue weighted by molar-refractivity contribution is 0.00371. The van der Waals surface area contributed by atoms with Gasteiger partial charge in [0.05, 0.1) is 11.6 Å². The maximum atomic E-state index is 12.8. The number of hydrogen-bond acceptors (Lipinski definition) is 4. The first-order valence-corrected chi connectivity index (χ1v) is 9.71. The van der Waals surface area contributed by atoms with Crippen LogP contribution in [0.3, 0.4) is 0 Å². The molecule has 2 saturated heterocycles. The third-order valence-electron chi connectivity index (χ3n) is 5.61. The Kier molecular flexibility index (Phi) is 5.36. The van der Waals surface area contributed by atoms with E-state index in [1.165, 1.54) is 0 Å². The molecule has 2 aliphatic rings. The molecule has 1 N–H and O–H groups in total. The van der Waals surface area contributed by atoms with Crippen LogP contribution in [0.5, 0.6) is 0 Å². The van der Waals surface area contributed by atoms with Gasteiger partial charge in [0.15, 0.2) is 0 Å². The van der Waals surface area contributed by atoms with E-state index in [-0.39, 0.29) is 24.8 Å². The monoisotopic (exact) mass is 374 g/mol. The zero-order valence-electron chi connectivity index (χ0n) is 16.7. The van der Waals surface area contributed by atoms with Gasteiger partial charge in [-0.2, -0.15) is 0 Å². The van der Waals surface area contributed by atoms with E-state index >= 15 is 0 Å². The lowest BCUT2D eigenvalue weighted by atomic mass is 9.82. The molecule has 2 amide bonds. The number of alkyl carbamates (subject to hydrolysis) is 1. The van der Waals surface area contributed by atoms with Gasteiger partial charge in [0.2, 0.25) is 0 Å². The zero-order chi connectivity index (χ0) is 19.7. The van der Waals surface area contributed by atoms with Gasteiger partial charge in [-0.25, -0.2) is 9.59 Å². The summed E-state index contributed by atoms with van der Waals surface area (Å²) >= 11 is 0. The summed E-state index contributed by atoms with van der Waals surface area (Å²) in [6.45, 7) is 7.80. The maximum absolute atomic E-state index is 12.8. The fourth-order valence-corrected chi connectivity index (χ4v) is 4.32. The van der Waals surface area contributed by atoms with Gasteiger partial charge in [-0.1, -0.05) is 30.3 Å². The average Bonchev–Trinajstić information content (AvgIpc) is 3.16. The molecular formula is C21H30N2O4. The standard InChI is InChI=1S/C21H30N2O4/c1-15(22-18(24)26-14-16-8-6-5-7-9-16)21-12-10-17(11-13-21)23(21)19(25)27-20(2,3)4/h5-9,15,17H,10-14H2,1-4H3,(H,22,24). The molecule has 2 bridgehead atoms. The molecule has 1 aromatic rings. The second-order valence-corrected chi connectivity index (χ2v) is 8.61. The van der Waals surface area contributed by atoms with Crippen LogP contribution in [0.2, 0.25) is 0 Å². The van der Waals surface area contributed by atoms with E-state index < -0.39 is 17.2 Å².